The number of rotatable bonds is 4. The molecule has 0 aliphatic carbocycles. The van der Waals surface area contributed by atoms with Crippen molar-refractivity contribution in [3.8, 4) is 0 Å². The van der Waals surface area contributed by atoms with Crippen molar-refractivity contribution in [3.05, 3.63) is 45.4 Å². The first-order chi connectivity index (χ1) is 7.75. The number of hydrogen-bond donors (Lipinski definition) is 1. The Bertz CT molecular complexity index is 444. The molecule has 2 rings (SSSR count). The maximum Gasteiger partial charge on any atom is 0.0931 e. The predicted molar refractivity (Wildman–Crippen MR) is 66.6 cm³/mol. The third-order valence-electron chi connectivity index (χ3n) is 2.30. The van der Waals surface area contributed by atoms with Crippen molar-refractivity contribution in [2.24, 2.45) is 0 Å². The summed E-state index contributed by atoms with van der Waals surface area (Å²) in [6.45, 7) is 2.82. The summed E-state index contributed by atoms with van der Waals surface area (Å²) in [6, 6.07) is 6.09. The minimum atomic E-state index is 0.269. The van der Waals surface area contributed by atoms with Crippen molar-refractivity contribution in [2.45, 2.75) is 19.5 Å². The maximum absolute atomic E-state index is 5.89. The van der Waals surface area contributed by atoms with Crippen LogP contribution in [0.4, 0.5) is 0 Å². The van der Waals surface area contributed by atoms with Gasteiger partial charge >= 0.3 is 0 Å². The topological polar surface area (TPSA) is 37.8 Å². The van der Waals surface area contributed by atoms with Crippen molar-refractivity contribution in [3.63, 3.8) is 0 Å². The fourth-order valence-corrected chi connectivity index (χ4v) is 2.34. The van der Waals surface area contributed by atoms with Gasteiger partial charge in [0.25, 0.3) is 0 Å². The monoisotopic (exact) mass is 253 g/mol. The minimum Gasteiger partial charge on any atom is -0.304 e. The predicted octanol–water partition coefficient (Wildman–Crippen LogP) is 3.04. The van der Waals surface area contributed by atoms with Gasteiger partial charge in [-0.25, -0.2) is 0 Å². The van der Waals surface area contributed by atoms with E-state index >= 15 is 0 Å². The summed E-state index contributed by atoms with van der Waals surface area (Å²) in [5.74, 6) is 0. The second-order valence-corrected chi connectivity index (χ2v) is 5.04. The third-order valence-corrected chi connectivity index (χ3v) is 3.41. The number of thiophene rings is 1. The summed E-state index contributed by atoms with van der Waals surface area (Å²) in [6.07, 6.45) is 1.67. The smallest absolute Gasteiger partial charge is 0.0931 e. The number of nitrogens with one attached hydrogen (secondary N) is 1. The van der Waals surface area contributed by atoms with E-state index in [1.807, 2.05) is 18.2 Å². The van der Waals surface area contributed by atoms with E-state index in [1.165, 1.54) is 5.56 Å². The van der Waals surface area contributed by atoms with Gasteiger partial charge in [0, 0.05) is 18.8 Å². The van der Waals surface area contributed by atoms with Crippen molar-refractivity contribution in [1.82, 2.24) is 15.5 Å². The summed E-state index contributed by atoms with van der Waals surface area (Å²) in [5.41, 5.74) is 2.15. The van der Waals surface area contributed by atoms with Crippen molar-refractivity contribution < 1.29 is 0 Å². The molecule has 0 saturated heterocycles. The first kappa shape index (κ1) is 11.5. The number of hydrogen-bond acceptors (Lipinski definition) is 4. The molecule has 0 aromatic carbocycles. The summed E-state index contributed by atoms with van der Waals surface area (Å²) in [4.78, 5) is 0. The highest BCUT2D eigenvalue weighted by Crippen LogP contribution is 2.24. The summed E-state index contributed by atoms with van der Waals surface area (Å²) in [5, 5.41) is 13.3. The SMILES string of the molecule is CC(NCc1cccnn1)c1csc(Cl)c1. The van der Waals surface area contributed by atoms with Crippen LogP contribution in [-0.4, -0.2) is 10.2 Å². The molecular weight excluding hydrogens is 242 g/mol. The van der Waals surface area contributed by atoms with E-state index < -0.39 is 0 Å². The van der Waals surface area contributed by atoms with Gasteiger partial charge in [-0.05, 0) is 36.1 Å². The quantitative estimate of drug-likeness (QED) is 0.910. The molecule has 0 spiro atoms. The number of aromatic nitrogens is 2. The average molecular weight is 254 g/mol. The van der Waals surface area contributed by atoms with E-state index in [9.17, 15) is 0 Å². The lowest BCUT2D eigenvalue weighted by Gasteiger charge is -2.11. The third kappa shape index (κ3) is 3.01. The van der Waals surface area contributed by atoms with E-state index in [-0.39, 0.29) is 6.04 Å². The number of nitrogens with zero attached hydrogens (tertiary/aromatic N) is 2. The molecule has 1 atom stereocenters. The minimum absolute atomic E-state index is 0.269. The van der Waals surface area contributed by atoms with Crippen LogP contribution in [0.5, 0.6) is 0 Å². The Morgan fingerprint density at radius 2 is 2.44 bits per heavy atom. The van der Waals surface area contributed by atoms with Gasteiger partial charge in [0.2, 0.25) is 0 Å². The summed E-state index contributed by atoms with van der Waals surface area (Å²) in [7, 11) is 0. The van der Waals surface area contributed by atoms with Crippen molar-refractivity contribution >= 4 is 22.9 Å². The van der Waals surface area contributed by atoms with Gasteiger partial charge in [-0.1, -0.05) is 11.6 Å². The lowest BCUT2D eigenvalue weighted by atomic mass is 10.2. The van der Waals surface area contributed by atoms with E-state index in [0.717, 1.165) is 10.0 Å². The molecular formula is C11H12ClN3S. The Balaban J connectivity index is 1.91. The first-order valence-electron chi connectivity index (χ1n) is 4.99. The van der Waals surface area contributed by atoms with Crippen LogP contribution in [0.2, 0.25) is 4.34 Å². The van der Waals surface area contributed by atoms with Crippen molar-refractivity contribution in [2.75, 3.05) is 0 Å². The zero-order valence-corrected chi connectivity index (χ0v) is 10.4. The molecule has 0 fully saturated rings. The van der Waals surface area contributed by atoms with Gasteiger partial charge in [0.05, 0.1) is 10.0 Å². The summed E-state index contributed by atoms with van der Waals surface area (Å²) >= 11 is 7.44. The maximum atomic E-state index is 5.89. The van der Waals surface area contributed by atoms with Crippen molar-refractivity contribution in [1.29, 1.82) is 0 Å². The standard InChI is InChI=1S/C11H12ClN3S/c1-8(9-5-11(12)16-7-9)13-6-10-3-2-4-14-15-10/h2-5,7-8,13H,6H2,1H3. The van der Waals surface area contributed by atoms with Crippen LogP contribution < -0.4 is 5.32 Å². The molecule has 1 N–H and O–H groups in total. The molecule has 2 heterocycles. The first-order valence-corrected chi connectivity index (χ1v) is 6.25. The Morgan fingerprint density at radius 3 is 3.06 bits per heavy atom. The van der Waals surface area contributed by atoms with E-state index in [1.54, 1.807) is 17.5 Å². The molecule has 0 aliphatic rings. The van der Waals surface area contributed by atoms with Crippen LogP contribution in [0.25, 0.3) is 0 Å². The van der Waals surface area contributed by atoms with Crippen LogP contribution >= 0.6 is 22.9 Å². The van der Waals surface area contributed by atoms with Gasteiger partial charge in [0.1, 0.15) is 0 Å². The second kappa shape index (κ2) is 5.39. The fourth-order valence-electron chi connectivity index (χ4n) is 1.35. The van der Waals surface area contributed by atoms with E-state index in [0.29, 0.717) is 6.54 Å². The molecule has 3 nitrogen and oxygen atoms in total. The molecule has 2 aromatic rings. The summed E-state index contributed by atoms with van der Waals surface area (Å²) < 4.78 is 0.822. The molecule has 0 saturated carbocycles. The molecule has 84 valence electrons. The van der Waals surface area contributed by atoms with Crippen LogP contribution in [0.15, 0.2) is 29.8 Å². The molecule has 5 heteroatoms. The zero-order valence-electron chi connectivity index (χ0n) is 8.85. The molecule has 0 aliphatic heterocycles. The van der Waals surface area contributed by atoms with Crippen LogP contribution in [-0.2, 0) is 6.54 Å². The van der Waals surface area contributed by atoms with Gasteiger partial charge in [-0.2, -0.15) is 10.2 Å². The fraction of sp³-hybridized carbons (Fsp3) is 0.273. The van der Waals surface area contributed by atoms with Gasteiger partial charge in [-0.15, -0.1) is 11.3 Å². The van der Waals surface area contributed by atoms with Crippen LogP contribution in [0.3, 0.4) is 0 Å². The molecule has 0 bridgehead atoms. The highest BCUT2D eigenvalue weighted by atomic mass is 35.5. The Morgan fingerprint density at radius 1 is 1.56 bits per heavy atom. The Kier molecular flexibility index (Phi) is 3.88. The molecule has 0 radical (unpaired) electrons. The van der Waals surface area contributed by atoms with E-state index in [2.05, 4.69) is 27.8 Å². The Hall–Kier alpha value is -0.970. The van der Waals surface area contributed by atoms with Gasteiger partial charge in [0.15, 0.2) is 0 Å². The molecule has 1 unspecified atom stereocenters. The second-order valence-electron chi connectivity index (χ2n) is 3.50. The normalized spacial score (nSPS) is 12.6. The average Bonchev–Trinajstić information content (AvgIpc) is 2.74. The molecule has 0 amide bonds. The largest absolute Gasteiger partial charge is 0.304 e. The van der Waals surface area contributed by atoms with Gasteiger partial charge < -0.3 is 5.32 Å². The molecule has 16 heavy (non-hydrogen) atoms. The Labute approximate surface area is 103 Å². The highest BCUT2D eigenvalue weighted by molar-refractivity contribution is 7.14. The van der Waals surface area contributed by atoms with E-state index in [4.69, 9.17) is 11.6 Å². The van der Waals surface area contributed by atoms with Gasteiger partial charge in [-0.3, -0.25) is 0 Å². The lowest BCUT2D eigenvalue weighted by Crippen LogP contribution is -2.18. The van der Waals surface area contributed by atoms with Crippen LogP contribution in [0.1, 0.15) is 24.2 Å². The molecule has 2 aromatic heterocycles. The van der Waals surface area contributed by atoms with Crippen LogP contribution in [0, 0.1) is 0 Å². The zero-order chi connectivity index (χ0) is 11.4. The number of halogens is 1. The highest BCUT2D eigenvalue weighted by Gasteiger charge is 2.07. The lowest BCUT2D eigenvalue weighted by molar-refractivity contribution is 0.565.